The number of carboxylic acids is 1. The molecule has 0 saturated heterocycles. The fourth-order valence-electron chi connectivity index (χ4n) is 2.49. The summed E-state index contributed by atoms with van der Waals surface area (Å²) in [4.78, 5) is 11.1. The van der Waals surface area contributed by atoms with E-state index in [0.717, 1.165) is 0 Å². The van der Waals surface area contributed by atoms with Crippen molar-refractivity contribution in [3.8, 4) is 0 Å². The van der Waals surface area contributed by atoms with Crippen molar-refractivity contribution < 1.29 is 22.7 Å². The second-order valence-corrected chi connectivity index (χ2v) is 7.53. The molecule has 0 amide bonds. The maximum absolute atomic E-state index is 13.8. The second-order valence-electron chi connectivity index (χ2n) is 5.52. The van der Waals surface area contributed by atoms with Crippen LogP contribution in [-0.2, 0) is 14.6 Å². The molecular weight excluding hydrogens is 271 g/mol. The van der Waals surface area contributed by atoms with Crippen molar-refractivity contribution in [3.63, 3.8) is 0 Å². The minimum Gasteiger partial charge on any atom is -0.481 e. The highest BCUT2D eigenvalue weighted by Gasteiger charge is 2.41. The molecule has 0 aliphatic carbocycles. The first-order chi connectivity index (χ1) is 8.65. The Labute approximate surface area is 111 Å². The molecule has 1 aromatic rings. The van der Waals surface area contributed by atoms with Crippen LogP contribution in [0.2, 0.25) is 0 Å². The first-order valence-electron chi connectivity index (χ1n) is 5.90. The minimum atomic E-state index is -3.51. The quantitative estimate of drug-likeness (QED) is 0.924. The number of benzene rings is 1. The lowest BCUT2D eigenvalue weighted by atomic mass is 9.81. The van der Waals surface area contributed by atoms with Crippen LogP contribution in [0.4, 0.5) is 4.39 Å². The highest BCUT2D eigenvalue weighted by atomic mass is 32.2. The fraction of sp³-hybridized carbons (Fsp3) is 0.462. The van der Waals surface area contributed by atoms with Gasteiger partial charge in [0.05, 0.1) is 16.1 Å². The van der Waals surface area contributed by atoms with Crippen LogP contribution in [0.15, 0.2) is 23.1 Å². The molecule has 1 aromatic carbocycles. The van der Waals surface area contributed by atoms with Gasteiger partial charge in [0.25, 0.3) is 0 Å². The maximum Gasteiger partial charge on any atom is 0.309 e. The summed E-state index contributed by atoms with van der Waals surface area (Å²) in [6.45, 7) is 3.03. The Kier molecular flexibility index (Phi) is 3.16. The predicted molar refractivity (Wildman–Crippen MR) is 67.2 cm³/mol. The lowest BCUT2D eigenvalue weighted by Gasteiger charge is -2.23. The van der Waals surface area contributed by atoms with Crippen LogP contribution in [0.3, 0.4) is 0 Å². The summed E-state index contributed by atoms with van der Waals surface area (Å²) in [6, 6.07) is 3.94. The molecule has 0 spiro atoms. The average molecular weight is 286 g/mol. The predicted octanol–water partition coefficient (Wildman–Crippen LogP) is 2.20. The molecule has 1 aliphatic heterocycles. The van der Waals surface area contributed by atoms with Crippen LogP contribution < -0.4 is 0 Å². The summed E-state index contributed by atoms with van der Waals surface area (Å²) < 4.78 is 37.8. The summed E-state index contributed by atoms with van der Waals surface area (Å²) in [5, 5.41) is 9.11. The summed E-state index contributed by atoms with van der Waals surface area (Å²) in [5.74, 6) is -2.42. The smallest absolute Gasteiger partial charge is 0.309 e. The standard InChI is InChI=1S/C13H15FO4S/c1-13(2,12(15)16)6-8-7-19(17,18)10-5-3-4-9(14)11(8)10/h3-5,8H,6-7H2,1-2H3,(H,15,16). The fourth-order valence-corrected chi connectivity index (χ4v) is 4.37. The number of aliphatic carboxylic acids is 1. The average Bonchev–Trinajstić information content (AvgIpc) is 2.51. The Morgan fingerprint density at radius 3 is 2.68 bits per heavy atom. The molecule has 4 nitrogen and oxygen atoms in total. The van der Waals surface area contributed by atoms with Crippen molar-refractivity contribution >= 4 is 15.8 Å². The van der Waals surface area contributed by atoms with Crippen LogP contribution >= 0.6 is 0 Å². The molecule has 6 heteroatoms. The van der Waals surface area contributed by atoms with Gasteiger partial charge in [0.15, 0.2) is 9.84 Å². The SMILES string of the molecule is CC(C)(CC1CS(=O)(=O)c2cccc(F)c21)C(=O)O. The van der Waals surface area contributed by atoms with Gasteiger partial charge in [-0.15, -0.1) is 0 Å². The molecule has 1 N–H and O–H groups in total. The molecular formula is C13H15FO4S. The van der Waals surface area contributed by atoms with E-state index in [2.05, 4.69) is 0 Å². The van der Waals surface area contributed by atoms with Crippen molar-refractivity contribution in [2.45, 2.75) is 31.1 Å². The molecule has 1 heterocycles. The number of halogens is 1. The van der Waals surface area contributed by atoms with Gasteiger partial charge >= 0.3 is 5.97 Å². The van der Waals surface area contributed by atoms with Gasteiger partial charge in [-0.25, -0.2) is 12.8 Å². The Morgan fingerprint density at radius 2 is 2.11 bits per heavy atom. The zero-order chi connectivity index (χ0) is 14.4. The van der Waals surface area contributed by atoms with Gasteiger partial charge in [-0.1, -0.05) is 6.07 Å². The van der Waals surface area contributed by atoms with Gasteiger partial charge in [0, 0.05) is 11.5 Å². The van der Waals surface area contributed by atoms with Crippen molar-refractivity contribution in [2.75, 3.05) is 5.75 Å². The third kappa shape index (κ3) is 2.36. The molecule has 104 valence electrons. The molecule has 1 unspecified atom stereocenters. The van der Waals surface area contributed by atoms with E-state index in [0.29, 0.717) is 0 Å². The first-order valence-corrected chi connectivity index (χ1v) is 7.55. The normalized spacial score (nSPS) is 21.1. The molecule has 0 bridgehead atoms. The van der Waals surface area contributed by atoms with Gasteiger partial charge in [-0.2, -0.15) is 0 Å². The lowest BCUT2D eigenvalue weighted by Crippen LogP contribution is -2.26. The molecule has 0 radical (unpaired) electrons. The van der Waals surface area contributed by atoms with E-state index in [4.69, 9.17) is 5.11 Å². The number of hydrogen-bond acceptors (Lipinski definition) is 3. The van der Waals surface area contributed by atoms with Crippen LogP contribution in [0, 0.1) is 11.2 Å². The molecule has 2 rings (SSSR count). The van der Waals surface area contributed by atoms with Crippen molar-refractivity contribution in [1.82, 2.24) is 0 Å². The number of carbonyl (C=O) groups is 1. The van der Waals surface area contributed by atoms with E-state index in [9.17, 15) is 17.6 Å². The van der Waals surface area contributed by atoms with E-state index in [1.807, 2.05) is 0 Å². The molecule has 1 atom stereocenters. The number of fused-ring (bicyclic) bond motifs is 1. The molecule has 0 aromatic heterocycles. The van der Waals surface area contributed by atoms with Crippen LogP contribution in [0.25, 0.3) is 0 Å². The van der Waals surface area contributed by atoms with E-state index in [1.165, 1.54) is 32.0 Å². The van der Waals surface area contributed by atoms with E-state index < -0.39 is 33.0 Å². The topological polar surface area (TPSA) is 71.4 Å². The Balaban J connectivity index is 2.46. The van der Waals surface area contributed by atoms with Gasteiger partial charge in [-0.05, 0) is 32.4 Å². The van der Waals surface area contributed by atoms with Gasteiger partial charge in [0.1, 0.15) is 5.82 Å². The zero-order valence-electron chi connectivity index (χ0n) is 10.7. The lowest BCUT2D eigenvalue weighted by molar-refractivity contribution is -0.147. The monoisotopic (exact) mass is 286 g/mol. The minimum absolute atomic E-state index is 0.00121. The number of carboxylic acid groups (broad SMARTS) is 1. The zero-order valence-corrected chi connectivity index (χ0v) is 11.5. The van der Waals surface area contributed by atoms with Crippen molar-refractivity contribution in [1.29, 1.82) is 0 Å². The Bertz CT molecular complexity index is 634. The Morgan fingerprint density at radius 1 is 1.47 bits per heavy atom. The summed E-state index contributed by atoms with van der Waals surface area (Å²) >= 11 is 0. The number of hydrogen-bond donors (Lipinski definition) is 1. The van der Waals surface area contributed by atoms with Crippen LogP contribution in [0.1, 0.15) is 31.7 Å². The van der Waals surface area contributed by atoms with E-state index in [-0.39, 0.29) is 22.6 Å². The molecule has 1 aliphatic rings. The van der Waals surface area contributed by atoms with Crippen molar-refractivity contribution in [2.24, 2.45) is 5.41 Å². The summed E-state index contributed by atoms with van der Waals surface area (Å²) in [5.41, 5.74) is -0.957. The third-order valence-corrected chi connectivity index (χ3v) is 5.38. The third-order valence-electron chi connectivity index (χ3n) is 3.51. The van der Waals surface area contributed by atoms with E-state index in [1.54, 1.807) is 0 Å². The van der Waals surface area contributed by atoms with Crippen LogP contribution in [-0.4, -0.2) is 25.2 Å². The van der Waals surface area contributed by atoms with Gasteiger partial charge in [0.2, 0.25) is 0 Å². The molecule has 19 heavy (non-hydrogen) atoms. The molecule has 0 saturated carbocycles. The molecule has 0 fully saturated rings. The van der Waals surface area contributed by atoms with Gasteiger partial charge in [-0.3, -0.25) is 4.79 Å². The number of sulfone groups is 1. The first kappa shape index (κ1) is 14.0. The Hall–Kier alpha value is -1.43. The highest BCUT2D eigenvalue weighted by Crippen LogP contribution is 2.42. The summed E-state index contributed by atoms with van der Waals surface area (Å²) in [7, 11) is -3.51. The maximum atomic E-state index is 13.8. The number of rotatable bonds is 3. The largest absolute Gasteiger partial charge is 0.481 e. The van der Waals surface area contributed by atoms with Gasteiger partial charge < -0.3 is 5.11 Å². The highest BCUT2D eigenvalue weighted by molar-refractivity contribution is 7.91. The van der Waals surface area contributed by atoms with E-state index >= 15 is 0 Å². The summed E-state index contributed by atoms with van der Waals surface area (Å²) in [6.07, 6.45) is 0.0928. The second kappa shape index (κ2) is 4.30. The van der Waals surface area contributed by atoms with Crippen molar-refractivity contribution in [3.05, 3.63) is 29.6 Å². The van der Waals surface area contributed by atoms with Crippen LogP contribution in [0.5, 0.6) is 0 Å².